The van der Waals surface area contributed by atoms with Gasteiger partial charge in [0.25, 0.3) is 0 Å². The molecule has 2 heterocycles. The van der Waals surface area contributed by atoms with Gasteiger partial charge in [-0.15, -0.1) is 0 Å². The second-order valence-corrected chi connectivity index (χ2v) is 5.51. The molecule has 1 aliphatic rings. The minimum atomic E-state index is 0.817. The minimum absolute atomic E-state index is 0.817. The molecule has 0 atom stereocenters. The summed E-state index contributed by atoms with van der Waals surface area (Å²) in [6.45, 7) is 5.49. The smallest absolute Gasteiger partial charge is 0.0703 e. The predicted molar refractivity (Wildman–Crippen MR) is 81.3 cm³/mol. The van der Waals surface area contributed by atoms with E-state index in [4.69, 9.17) is 4.74 Å². The van der Waals surface area contributed by atoms with E-state index in [1.807, 2.05) is 6.20 Å². The molecule has 0 N–H and O–H groups in total. The number of aromatic nitrogens is 2. The molecular formula is C15H22N4O. The van der Waals surface area contributed by atoms with E-state index in [-0.39, 0.29) is 0 Å². The highest BCUT2D eigenvalue weighted by molar-refractivity contribution is 5.82. The van der Waals surface area contributed by atoms with E-state index >= 15 is 0 Å². The highest BCUT2D eigenvalue weighted by Crippen LogP contribution is 2.22. The summed E-state index contributed by atoms with van der Waals surface area (Å²) in [4.78, 5) is 4.56. The fourth-order valence-electron chi connectivity index (χ4n) is 2.55. The van der Waals surface area contributed by atoms with Crippen molar-refractivity contribution in [3.8, 4) is 0 Å². The Kier molecular flexibility index (Phi) is 3.89. The van der Waals surface area contributed by atoms with Gasteiger partial charge < -0.3 is 14.5 Å². The zero-order valence-corrected chi connectivity index (χ0v) is 12.2. The Labute approximate surface area is 119 Å². The number of morpholine rings is 1. The average Bonchev–Trinajstić information content (AvgIpc) is 2.88. The minimum Gasteiger partial charge on any atom is -0.378 e. The fraction of sp³-hybridized carbons (Fsp3) is 0.533. The van der Waals surface area contributed by atoms with E-state index in [0.717, 1.165) is 39.4 Å². The number of hydrogen-bond acceptors (Lipinski definition) is 4. The van der Waals surface area contributed by atoms with Crippen molar-refractivity contribution < 1.29 is 4.74 Å². The molecule has 5 nitrogen and oxygen atoms in total. The molecule has 5 heteroatoms. The molecule has 0 saturated carbocycles. The van der Waals surface area contributed by atoms with E-state index in [9.17, 15) is 0 Å². The van der Waals surface area contributed by atoms with Gasteiger partial charge in [0, 0.05) is 30.7 Å². The van der Waals surface area contributed by atoms with Crippen LogP contribution >= 0.6 is 0 Å². The van der Waals surface area contributed by atoms with Crippen LogP contribution in [0.3, 0.4) is 0 Å². The van der Waals surface area contributed by atoms with Crippen LogP contribution in [0.5, 0.6) is 0 Å². The molecule has 0 aliphatic carbocycles. The topological polar surface area (TPSA) is 33.5 Å². The molecule has 0 bridgehead atoms. The van der Waals surface area contributed by atoms with Crippen molar-refractivity contribution in [2.24, 2.45) is 0 Å². The van der Waals surface area contributed by atoms with Crippen molar-refractivity contribution >= 4 is 16.6 Å². The quantitative estimate of drug-likeness (QED) is 0.844. The molecule has 0 radical (unpaired) electrons. The summed E-state index contributed by atoms with van der Waals surface area (Å²) >= 11 is 0. The first-order chi connectivity index (χ1) is 9.74. The Morgan fingerprint density at radius 1 is 1.25 bits per heavy atom. The van der Waals surface area contributed by atoms with Gasteiger partial charge in [0.1, 0.15) is 0 Å². The van der Waals surface area contributed by atoms with Gasteiger partial charge in [-0.3, -0.25) is 4.68 Å². The van der Waals surface area contributed by atoms with Crippen LogP contribution in [-0.4, -0.2) is 61.6 Å². The number of hydrogen-bond donors (Lipinski definition) is 0. The maximum Gasteiger partial charge on any atom is 0.0703 e. The highest BCUT2D eigenvalue weighted by Gasteiger charge is 2.12. The first kappa shape index (κ1) is 13.4. The predicted octanol–water partition coefficient (Wildman–Crippen LogP) is 1.43. The van der Waals surface area contributed by atoms with E-state index in [2.05, 4.69) is 51.9 Å². The summed E-state index contributed by atoms with van der Waals surface area (Å²) in [5, 5.41) is 5.71. The summed E-state index contributed by atoms with van der Waals surface area (Å²) in [7, 11) is 4.18. The molecule has 0 amide bonds. The summed E-state index contributed by atoms with van der Waals surface area (Å²) in [6, 6.07) is 6.61. The van der Waals surface area contributed by atoms with Crippen LogP contribution in [0.15, 0.2) is 24.4 Å². The maximum atomic E-state index is 5.42. The van der Waals surface area contributed by atoms with E-state index in [0.29, 0.717) is 0 Å². The molecule has 1 aliphatic heterocycles. The molecule has 2 aromatic rings. The zero-order valence-electron chi connectivity index (χ0n) is 12.2. The molecule has 20 heavy (non-hydrogen) atoms. The second-order valence-electron chi connectivity index (χ2n) is 5.51. The van der Waals surface area contributed by atoms with Gasteiger partial charge in [0.2, 0.25) is 0 Å². The van der Waals surface area contributed by atoms with Crippen LogP contribution < -0.4 is 4.90 Å². The van der Waals surface area contributed by atoms with Gasteiger partial charge >= 0.3 is 0 Å². The summed E-state index contributed by atoms with van der Waals surface area (Å²) in [6.07, 6.45) is 1.95. The third-order valence-corrected chi connectivity index (χ3v) is 3.76. The molecule has 1 fully saturated rings. The van der Waals surface area contributed by atoms with Crippen molar-refractivity contribution in [2.45, 2.75) is 6.54 Å². The van der Waals surface area contributed by atoms with Crippen molar-refractivity contribution in [3.63, 3.8) is 0 Å². The van der Waals surface area contributed by atoms with Crippen LogP contribution in [0.4, 0.5) is 5.69 Å². The molecular weight excluding hydrogens is 252 g/mol. The fourth-order valence-corrected chi connectivity index (χ4v) is 2.55. The van der Waals surface area contributed by atoms with Gasteiger partial charge in [-0.2, -0.15) is 5.10 Å². The average molecular weight is 274 g/mol. The molecule has 1 aromatic carbocycles. The van der Waals surface area contributed by atoms with E-state index in [1.165, 1.54) is 16.6 Å². The summed E-state index contributed by atoms with van der Waals surface area (Å²) < 4.78 is 7.51. The number of rotatable bonds is 4. The maximum absolute atomic E-state index is 5.42. The van der Waals surface area contributed by atoms with Crippen LogP contribution in [0.1, 0.15) is 0 Å². The van der Waals surface area contributed by atoms with E-state index < -0.39 is 0 Å². The molecule has 0 spiro atoms. The normalized spacial score (nSPS) is 16.2. The third kappa shape index (κ3) is 2.78. The van der Waals surface area contributed by atoms with Crippen molar-refractivity contribution in [1.29, 1.82) is 0 Å². The number of benzene rings is 1. The molecule has 3 rings (SSSR count). The molecule has 0 unspecified atom stereocenters. The first-order valence-electron chi connectivity index (χ1n) is 7.17. The Bertz CT molecular complexity index is 572. The lowest BCUT2D eigenvalue weighted by molar-refractivity contribution is 0.122. The second kappa shape index (κ2) is 5.81. The molecule has 1 aromatic heterocycles. The first-order valence-corrected chi connectivity index (χ1v) is 7.17. The van der Waals surface area contributed by atoms with Crippen LogP contribution in [0.25, 0.3) is 10.9 Å². The number of nitrogens with zero attached hydrogens (tertiary/aromatic N) is 4. The standard InChI is InChI=1S/C15H22N4O/c1-17(2)5-6-19-15-11-14(4-3-13(15)12-16-19)18-7-9-20-10-8-18/h3-4,11-12H,5-10H2,1-2H3. The molecule has 1 saturated heterocycles. The van der Waals surface area contributed by atoms with Crippen molar-refractivity contribution in [1.82, 2.24) is 14.7 Å². The Morgan fingerprint density at radius 3 is 2.80 bits per heavy atom. The van der Waals surface area contributed by atoms with Crippen LogP contribution in [0, 0.1) is 0 Å². The SMILES string of the molecule is CN(C)CCn1ncc2ccc(N3CCOCC3)cc21. The Hall–Kier alpha value is -1.59. The van der Waals surface area contributed by atoms with E-state index in [1.54, 1.807) is 0 Å². The zero-order chi connectivity index (χ0) is 13.9. The Balaban J connectivity index is 1.86. The van der Waals surface area contributed by atoms with Gasteiger partial charge in [-0.1, -0.05) is 0 Å². The van der Waals surface area contributed by atoms with Crippen molar-refractivity contribution in [3.05, 3.63) is 24.4 Å². The van der Waals surface area contributed by atoms with Crippen LogP contribution in [0.2, 0.25) is 0 Å². The summed E-state index contributed by atoms with van der Waals surface area (Å²) in [5.74, 6) is 0. The summed E-state index contributed by atoms with van der Waals surface area (Å²) in [5.41, 5.74) is 2.49. The van der Waals surface area contributed by atoms with Crippen molar-refractivity contribution in [2.75, 3.05) is 51.8 Å². The Morgan fingerprint density at radius 2 is 2.05 bits per heavy atom. The number of fused-ring (bicyclic) bond motifs is 1. The highest BCUT2D eigenvalue weighted by atomic mass is 16.5. The van der Waals surface area contributed by atoms with Gasteiger partial charge in [0.05, 0.1) is 31.5 Å². The van der Waals surface area contributed by atoms with Crippen LogP contribution in [-0.2, 0) is 11.3 Å². The third-order valence-electron chi connectivity index (χ3n) is 3.76. The van der Waals surface area contributed by atoms with Gasteiger partial charge in [0.15, 0.2) is 0 Å². The lowest BCUT2D eigenvalue weighted by Crippen LogP contribution is -2.36. The lowest BCUT2D eigenvalue weighted by atomic mass is 10.2. The number of ether oxygens (including phenoxy) is 1. The van der Waals surface area contributed by atoms with Gasteiger partial charge in [-0.25, -0.2) is 0 Å². The largest absolute Gasteiger partial charge is 0.378 e. The van der Waals surface area contributed by atoms with Gasteiger partial charge in [-0.05, 0) is 32.3 Å². The molecule has 108 valence electrons. The lowest BCUT2D eigenvalue weighted by Gasteiger charge is -2.28. The monoisotopic (exact) mass is 274 g/mol. The number of anilines is 1. The number of likely N-dealkylation sites (N-methyl/N-ethyl adjacent to an activating group) is 1.